The predicted molar refractivity (Wildman–Crippen MR) is 141 cm³/mol. The summed E-state index contributed by atoms with van der Waals surface area (Å²) in [4.78, 5) is 26.1. The lowest BCUT2D eigenvalue weighted by atomic mass is 10.1. The van der Waals surface area contributed by atoms with Crippen molar-refractivity contribution >= 4 is 52.3 Å². The summed E-state index contributed by atoms with van der Waals surface area (Å²) in [6.07, 6.45) is -0.368. The summed E-state index contributed by atoms with van der Waals surface area (Å²) in [5, 5.41) is 1.37. The van der Waals surface area contributed by atoms with Crippen molar-refractivity contribution in [2.45, 2.75) is 19.1 Å². The lowest BCUT2D eigenvalue weighted by molar-refractivity contribution is -0.137. The van der Waals surface area contributed by atoms with Crippen LogP contribution in [0.15, 0.2) is 65.8 Å². The molecule has 0 aliphatic carbocycles. The Hall–Kier alpha value is -2.88. The molecule has 11 heteroatoms. The first-order valence-corrected chi connectivity index (χ1v) is 11.3. The number of aryl methyl sites for hydroxylation is 1. The molecule has 4 aromatic rings. The second-order valence-corrected chi connectivity index (χ2v) is 8.51. The van der Waals surface area contributed by atoms with E-state index in [2.05, 4.69) is 14.9 Å². The number of rotatable bonds is 5. The van der Waals surface area contributed by atoms with Crippen LogP contribution in [0.3, 0.4) is 0 Å². The number of hydrogen-bond donors (Lipinski definition) is 0. The Morgan fingerprint density at radius 1 is 0.861 bits per heavy atom. The third-order valence-corrected chi connectivity index (χ3v) is 6.35. The molecule has 0 saturated carbocycles. The minimum Gasteiger partial charge on any atom is -0.369 e. The van der Waals surface area contributed by atoms with Gasteiger partial charge in [0.2, 0.25) is 0 Å². The van der Waals surface area contributed by atoms with Crippen LogP contribution in [-0.4, -0.2) is 52.2 Å². The van der Waals surface area contributed by atoms with Gasteiger partial charge in [-0.15, -0.1) is 24.8 Å². The molecule has 1 aliphatic heterocycles. The molecule has 2 aromatic carbocycles. The van der Waals surface area contributed by atoms with Gasteiger partial charge in [0.1, 0.15) is 0 Å². The first-order valence-electron chi connectivity index (χ1n) is 11.3. The molecule has 0 spiro atoms. The number of para-hydroxylation sites is 1. The van der Waals surface area contributed by atoms with Gasteiger partial charge in [0.05, 0.1) is 28.3 Å². The maximum absolute atomic E-state index is 13.0. The Balaban J connectivity index is 0.00000180. The number of fused-ring (bicyclic) bond motifs is 3. The molecule has 6 nitrogen and oxygen atoms in total. The first kappa shape index (κ1) is 27.7. The average molecular weight is 540 g/mol. The fraction of sp³-hybridized carbons (Fsp3) is 0.320. The first-order chi connectivity index (χ1) is 16.4. The highest BCUT2D eigenvalue weighted by atomic mass is 35.5. The summed E-state index contributed by atoms with van der Waals surface area (Å²) < 4.78 is 40.6. The van der Waals surface area contributed by atoms with Crippen LogP contribution in [-0.2, 0) is 12.7 Å². The van der Waals surface area contributed by atoms with Gasteiger partial charge in [-0.3, -0.25) is 19.2 Å². The monoisotopic (exact) mass is 539 g/mol. The Bertz CT molecular complexity index is 1390. The van der Waals surface area contributed by atoms with E-state index in [1.54, 1.807) is 23.2 Å². The zero-order chi connectivity index (χ0) is 23.7. The van der Waals surface area contributed by atoms with Crippen LogP contribution in [0.2, 0.25) is 0 Å². The summed E-state index contributed by atoms with van der Waals surface area (Å²) in [6.45, 7) is 4.20. The summed E-state index contributed by atoms with van der Waals surface area (Å²) in [6, 6.07) is 13.1. The second kappa shape index (κ2) is 11.5. The summed E-state index contributed by atoms with van der Waals surface area (Å²) >= 11 is 0. The molecule has 1 aliphatic rings. The summed E-state index contributed by atoms with van der Waals surface area (Å²) in [7, 11) is 0. The third kappa shape index (κ3) is 5.74. The molecule has 1 saturated heterocycles. The smallest absolute Gasteiger partial charge is 0.369 e. The summed E-state index contributed by atoms with van der Waals surface area (Å²) in [5.41, 5.74) is 1.36. The standard InChI is InChI=1S/C25H24F3N5O.2ClH/c26-25(27,28)18-5-3-6-19(15-18)32-13-11-31(12-14-32)9-4-10-33-17-30-23-20-7-1-2-8-22(20)29-16-21(23)24(33)34;;/h1-3,5-8,15-17H,4,9-14H2;2*1H. The molecular formula is C25H26Cl2F3N5O. The quantitative estimate of drug-likeness (QED) is 0.333. The van der Waals surface area contributed by atoms with Crippen LogP contribution in [0, 0.1) is 0 Å². The third-order valence-electron chi connectivity index (χ3n) is 6.35. The Kier molecular flexibility index (Phi) is 8.81. The van der Waals surface area contributed by atoms with Gasteiger partial charge in [0, 0.05) is 50.0 Å². The molecule has 0 radical (unpaired) electrons. The van der Waals surface area contributed by atoms with Crippen molar-refractivity contribution in [3.8, 4) is 0 Å². The van der Waals surface area contributed by atoms with Crippen molar-refractivity contribution in [3.05, 3.63) is 77.0 Å². The van der Waals surface area contributed by atoms with Gasteiger partial charge >= 0.3 is 6.18 Å². The molecule has 5 rings (SSSR count). The number of pyridine rings is 1. The van der Waals surface area contributed by atoms with Gasteiger partial charge in [-0.1, -0.05) is 24.3 Å². The molecule has 1 fully saturated rings. The molecule has 0 unspecified atom stereocenters. The minimum absolute atomic E-state index is 0. The van der Waals surface area contributed by atoms with Crippen LogP contribution in [0.1, 0.15) is 12.0 Å². The number of hydrogen-bond acceptors (Lipinski definition) is 5. The topological polar surface area (TPSA) is 54.3 Å². The zero-order valence-corrected chi connectivity index (χ0v) is 21.0. The van der Waals surface area contributed by atoms with E-state index in [0.717, 1.165) is 43.0 Å². The van der Waals surface area contributed by atoms with Gasteiger partial charge in [0.25, 0.3) is 5.56 Å². The SMILES string of the molecule is Cl.Cl.O=c1c2cnc3ccccc3c2ncn1CCCN1CCN(c2cccc(C(F)(F)F)c2)CC1. The number of nitrogens with zero attached hydrogens (tertiary/aromatic N) is 5. The van der Waals surface area contributed by atoms with E-state index in [0.29, 0.717) is 36.2 Å². The fourth-order valence-corrected chi connectivity index (χ4v) is 4.49. The van der Waals surface area contributed by atoms with E-state index in [1.165, 1.54) is 12.1 Å². The van der Waals surface area contributed by atoms with Gasteiger partial charge in [-0.2, -0.15) is 13.2 Å². The largest absolute Gasteiger partial charge is 0.416 e. The zero-order valence-electron chi connectivity index (χ0n) is 19.3. The molecule has 0 atom stereocenters. The highest BCUT2D eigenvalue weighted by molar-refractivity contribution is 6.02. The van der Waals surface area contributed by atoms with Crippen LogP contribution in [0.5, 0.6) is 0 Å². The van der Waals surface area contributed by atoms with Crippen molar-refractivity contribution < 1.29 is 13.2 Å². The molecular weight excluding hydrogens is 514 g/mol. The Labute approximate surface area is 218 Å². The Morgan fingerprint density at radius 3 is 2.36 bits per heavy atom. The van der Waals surface area contributed by atoms with E-state index < -0.39 is 11.7 Å². The molecule has 36 heavy (non-hydrogen) atoms. The lowest BCUT2D eigenvalue weighted by Gasteiger charge is -2.36. The average Bonchev–Trinajstić information content (AvgIpc) is 2.85. The van der Waals surface area contributed by atoms with Crippen molar-refractivity contribution in [2.24, 2.45) is 0 Å². The molecule has 192 valence electrons. The van der Waals surface area contributed by atoms with Crippen LogP contribution < -0.4 is 10.5 Å². The van der Waals surface area contributed by atoms with Gasteiger partial charge < -0.3 is 4.90 Å². The van der Waals surface area contributed by atoms with Gasteiger partial charge in [-0.25, -0.2) is 4.98 Å². The number of piperazine rings is 1. The van der Waals surface area contributed by atoms with Gasteiger partial charge in [0.15, 0.2) is 0 Å². The molecule has 0 amide bonds. The van der Waals surface area contributed by atoms with Crippen LogP contribution >= 0.6 is 24.8 Å². The number of anilines is 1. The molecule has 2 aromatic heterocycles. The van der Waals surface area contributed by atoms with Crippen molar-refractivity contribution in [1.82, 2.24) is 19.4 Å². The molecule has 3 heterocycles. The van der Waals surface area contributed by atoms with Crippen molar-refractivity contribution in [1.29, 1.82) is 0 Å². The number of benzene rings is 2. The summed E-state index contributed by atoms with van der Waals surface area (Å²) in [5.74, 6) is 0. The highest BCUT2D eigenvalue weighted by Gasteiger charge is 2.31. The van der Waals surface area contributed by atoms with E-state index in [4.69, 9.17) is 0 Å². The fourth-order valence-electron chi connectivity index (χ4n) is 4.49. The second-order valence-electron chi connectivity index (χ2n) is 8.51. The maximum Gasteiger partial charge on any atom is 0.416 e. The predicted octanol–water partition coefficient (Wildman–Crippen LogP) is 5.02. The van der Waals surface area contributed by atoms with E-state index in [9.17, 15) is 18.0 Å². The number of aromatic nitrogens is 3. The number of halogens is 5. The molecule has 0 N–H and O–H groups in total. The number of alkyl halides is 3. The highest BCUT2D eigenvalue weighted by Crippen LogP contribution is 2.31. The van der Waals surface area contributed by atoms with Crippen molar-refractivity contribution in [3.63, 3.8) is 0 Å². The Morgan fingerprint density at radius 2 is 1.61 bits per heavy atom. The van der Waals surface area contributed by atoms with Crippen LogP contribution in [0.4, 0.5) is 18.9 Å². The molecule has 0 bridgehead atoms. The normalized spacial score (nSPS) is 14.5. The van der Waals surface area contributed by atoms with Crippen molar-refractivity contribution in [2.75, 3.05) is 37.6 Å². The minimum atomic E-state index is -4.34. The van der Waals surface area contributed by atoms with Gasteiger partial charge in [-0.05, 0) is 37.2 Å². The lowest BCUT2D eigenvalue weighted by Crippen LogP contribution is -2.46. The van der Waals surface area contributed by atoms with E-state index in [1.807, 2.05) is 29.2 Å². The van der Waals surface area contributed by atoms with Crippen LogP contribution in [0.25, 0.3) is 21.8 Å². The van der Waals surface area contributed by atoms with E-state index in [-0.39, 0.29) is 30.4 Å². The van der Waals surface area contributed by atoms with E-state index >= 15 is 0 Å². The maximum atomic E-state index is 13.0.